The van der Waals surface area contributed by atoms with Gasteiger partial charge in [0.1, 0.15) is 12.2 Å². The molecule has 3 nitrogen and oxygen atoms in total. The van der Waals surface area contributed by atoms with Crippen LogP contribution in [0.5, 0.6) is 0 Å². The molecule has 1 rings (SSSR count). The van der Waals surface area contributed by atoms with Crippen molar-refractivity contribution in [2.45, 2.75) is 12.2 Å². The van der Waals surface area contributed by atoms with Gasteiger partial charge in [-0.1, -0.05) is 0 Å². The summed E-state index contributed by atoms with van der Waals surface area (Å²) in [6.07, 6.45) is -1.11. The Balaban J connectivity index is 2.39. The summed E-state index contributed by atoms with van der Waals surface area (Å²) in [6.45, 7) is 1.14. The molecule has 0 spiro atoms. The van der Waals surface area contributed by atoms with Crippen molar-refractivity contribution in [3.05, 3.63) is 7.05 Å². The highest BCUT2D eigenvalue weighted by atomic mass is 16.3. The minimum Gasteiger partial charge on any atom is -0.463 e. The SMILES string of the molecule is [CH2-][NH+]1CC(O)C(O)C1. The lowest BCUT2D eigenvalue weighted by atomic mass is 10.3. The van der Waals surface area contributed by atoms with Crippen LogP contribution in [0, 0.1) is 7.05 Å². The molecule has 48 valence electrons. The van der Waals surface area contributed by atoms with Gasteiger partial charge in [0, 0.05) is 0 Å². The maximum Gasteiger partial charge on any atom is 0.132 e. The van der Waals surface area contributed by atoms with Crippen molar-refractivity contribution in [1.82, 2.24) is 0 Å². The average Bonchev–Trinajstić information content (AvgIpc) is 1.85. The highest BCUT2D eigenvalue weighted by Crippen LogP contribution is 1.91. The minimum atomic E-state index is -0.553. The Hall–Kier alpha value is -0.120. The number of aliphatic hydroxyl groups excluding tert-OH is 2. The molecule has 0 aromatic carbocycles. The monoisotopic (exact) mass is 117 g/mol. The van der Waals surface area contributed by atoms with Gasteiger partial charge >= 0.3 is 0 Å². The molecule has 1 aliphatic heterocycles. The fourth-order valence-electron chi connectivity index (χ4n) is 0.947. The lowest BCUT2D eigenvalue weighted by Crippen LogP contribution is -3.05. The highest BCUT2D eigenvalue weighted by Gasteiger charge is 2.27. The van der Waals surface area contributed by atoms with Gasteiger partial charge in [0.25, 0.3) is 0 Å². The molecule has 3 N–H and O–H groups in total. The zero-order chi connectivity index (χ0) is 6.15. The van der Waals surface area contributed by atoms with Crippen LogP contribution in [0.1, 0.15) is 0 Å². The first kappa shape index (κ1) is 6.01. The van der Waals surface area contributed by atoms with Gasteiger partial charge < -0.3 is 15.1 Å². The van der Waals surface area contributed by atoms with Gasteiger partial charge in [0.15, 0.2) is 0 Å². The van der Waals surface area contributed by atoms with Crippen molar-refractivity contribution in [2.75, 3.05) is 13.1 Å². The summed E-state index contributed by atoms with van der Waals surface area (Å²) >= 11 is 0. The van der Waals surface area contributed by atoms with E-state index in [1.807, 2.05) is 0 Å². The fraction of sp³-hybridized carbons (Fsp3) is 0.800. The van der Waals surface area contributed by atoms with Gasteiger partial charge in [-0.25, -0.2) is 0 Å². The first-order valence-electron chi connectivity index (χ1n) is 2.73. The molecule has 0 aliphatic carbocycles. The first-order valence-corrected chi connectivity index (χ1v) is 2.73. The molecular formula is C5H11NO2. The van der Waals surface area contributed by atoms with Crippen LogP contribution in [0.15, 0.2) is 0 Å². The Kier molecular flexibility index (Phi) is 1.51. The quantitative estimate of drug-likeness (QED) is 0.305. The van der Waals surface area contributed by atoms with Crippen LogP contribution in [0.3, 0.4) is 0 Å². The molecule has 0 aromatic heterocycles. The molecule has 0 amide bonds. The molecule has 2 atom stereocenters. The van der Waals surface area contributed by atoms with Crippen LogP contribution < -0.4 is 4.90 Å². The number of nitrogens with one attached hydrogen (secondary N) is 1. The third kappa shape index (κ3) is 0.992. The Morgan fingerprint density at radius 3 is 1.75 bits per heavy atom. The molecule has 2 unspecified atom stereocenters. The van der Waals surface area contributed by atoms with E-state index in [4.69, 9.17) is 10.2 Å². The topological polar surface area (TPSA) is 44.9 Å². The van der Waals surface area contributed by atoms with Gasteiger partial charge in [0.2, 0.25) is 0 Å². The molecule has 0 aromatic rings. The molecule has 3 heteroatoms. The normalized spacial score (nSPS) is 47.6. The van der Waals surface area contributed by atoms with E-state index in [0.29, 0.717) is 13.1 Å². The van der Waals surface area contributed by atoms with Gasteiger partial charge in [-0.15, -0.1) is 0 Å². The van der Waals surface area contributed by atoms with Crippen LogP contribution in [-0.2, 0) is 0 Å². The Morgan fingerprint density at radius 2 is 1.62 bits per heavy atom. The molecule has 0 radical (unpaired) electrons. The first-order chi connectivity index (χ1) is 3.70. The van der Waals surface area contributed by atoms with E-state index in [9.17, 15) is 0 Å². The third-order valence-electron chi connectivity index (χ3n) is 1.44. The predicted molar refractivity (Wildman–Crippen MR) is 28.1 cm³/mol. The average molecular weight is 117 g/mol. The van der Waals surface area contributed by atoms with Gasteiger partial charge in [-0.2, -0.15) is 7.05 Å². The number of hydrogen-bond acceptors (Lipinski definition) is 2. The second kappa shape index (κ2) is 2.01. The fourth-order valence-corrected chi connectivity index (χ4v) is 0.947. The maximum absolute atomic E-state index is 8.86. The summed E-state index contributed by atoms with van der Waals surface area (Å²) in [7, 11) is 3.64. The van der Waals surface area contributed by atoms with Crippen LogP contribution in [0.4, 0.5) is 0 Å². The van der Waals surface area contributed by atoms with Gasteiger partial charge in [-0.05, 0) is 0 Å². The minimum absolute atomic E-state index is 0.553. The number of aliphatic hydroxyl groups is 2. The Morgan fingerprint density at radius 1 is 1.25 bits per heavy atom. The molecule has 1 aliphatic rings. The largest absolute Gasteiger partial charge is 0.463 e. The summed E-state index contributed by atoms with van der Waals surface area (Å²) in [5, 5.41) is 17.7. The molecular weight excluding hydrogens is 106 g/mol. The summed E-state index contributed by atoms with van der Waals surface area (Å²) in [4.78, 5) is 0.949. The van der Waals surface area contributed by atoms with Crippen molar-refractivity contribution in [1.29, 1.82) is 0 Å². The summed E-state index contributed by atoms with van der Waals surface area (Å²) in [5.74, 6) is 0. The van der Waals surface area contributed by atoms with E-state index in [-0.39, 0.29) is 0 Å². The van der Waals surface area contributed by atoms with E-state index in [2.05, 4.69) is 7.05 Å². The smallest absolute Gasteiger partial charge is 0.132 e. The lowest BCUT2D eigenvalue weighted by Gasteiger charge is -2.09. The summed E-state index contributed by atoms with van der Waals surface area (Å²) < 4.78 is 0. The molecule has 1 fully saturated rings. The number of likely N-dealkylation sites (tertiary alicyclic amines) is 1. The predicted octanol–water partition coefficient (Wildman–Crippen LogP) is -2.60. The van der Waals surface area contributed by atoms with E-state index in [1.54, 1.807) is 0 Å². The van der Waals surface area contributed by atoms with Crippen molar-refractivity contribution < 1.29 is 15.1 Å². The summed E-state index contributed by atoms with van der Waals surface area (Å²) in [6, 6.07) is 0. The van der Waals surface area contributed by atoms with Crippen molar-refractivity contribution in [2.24, 2.45) is 0 Å². The highest BCUT2D eigenvalue weighted by molar-refractivity contribution is 4.69. The molecule has 0 saturated carbocycles. The van der Waals surface area contributed by atoms with Crippen LogP contribution in [0.2, 0.25) is 0 Å². The van der Waals surface area contributed by atoms with E-state index in [0.717, 1.165) is 4.90 Å². The summed E-state index contributed by atoms with van der Waals surface area (Å²) in [5.41, 5.74) is 0. The zero-order valence-electron chi connectivity index (χ0n) is 4.67. The van der Waals surface area contributed by atoms with Gasteiger partial charge in [0.05, 0.1) is 13.1 Å². The second-order valence-corrected chi connectivity index (χ2v) is 2.29. The number of rotatable bonds is 0. The molecule has 0 bridgehead atoms. The van der Waals surface area contributed by atoms with Crippen molar-refractivity contribution >= 4 is 0 Å². The molecule has 1 heterocycles. The second-order valence-electron chi connectivity index (χ2n) is 2.29. The van der Waals surface area contributed by atoms with Gasteiger partial charge in [-0.3, -0.25) is 0 Å². The maximum atomic E-state index is 8.86. The molecule has 8 heavy (non-hydrogen) atoms. The third-order valence-corrected chi connectivity index (χ3v) is 1.44. The van der Waals surface area contributed by atoms with Crippen LogP contribution in [-0.4, -0.2) is 35.5 Å². The standard InChI is InChI=1S/C5H11NO2/c1-6-2-4(7)5(8)3-6/h4-8H,1-3H2. The Labute approximate surface area is 48.5 Å². The lowest BCUT2D eigenvalue weighted by molar-refractivity contribution is -0.842. The van der Waals surface area contributed by atoms with E-state index < -0.39 is 12.2 Å². The number of hydrogen-bond donors (Lipinski definition) is 3. The van der Waals surface area contributed by atoms with Crippen molar-refractivity contribution in [3.8, 4) is 0 Å². The van der Waals surface area contributed by atoms with Crippen LogP contribution >= 0.6 is 0 Å². The zero-order valence-corrected chi connectivity index (χ0v) is 4.67. The molecule has 1 saturated heterocycles. The van der Waals surface area contributed by atoms with Crippen molar-refractivity contribution in [3.63, 3.8) is 0 Å². The number of quaternary nitrogens is 1. The van der Waals surface area contributed by atoms with E-state index in [1.165, 1.54) is 0 Å². The van der Waals surface area contributed by atoms with E-state index >= 15 is 0 Å². The Bertz CT molecular complexity index is 76.5. The van der Waals surface area contributed by atoms with Crippen LogP contribution in [0.25, 0.3) is 0 Å².